The van der Waals surface area contributed by atoms with Gasteiger partial charge >= 0.3 is 0 Å². The Morgan fingerprint density at radius 2 is 1.90 bits per heavy atom. The van der Waals surface area contributed by atoms with Crippen LogP contribution in [0.25, 0.3) is 0 Å². The molecule has 0 amide bonds. The summed E-state index contributed by atoms with van der Waals surface area (Å²) in [5.74, 6) is 0. The Morgan fingerprint density at radius 1 is 1.20 bits per heavy atom. The van der Waals surface area contributed by atoms with Gasteiger partial charge in [-0.15, -0.1) is 0 Å². The lowest BCUT2D eigenvalue weighted by molar-refractivity contribution is 0.301. The maximum atomic E-state index is 5.64. The maximum absolute atomic E-state index is 5.64. The third kappa shape index (κ3) is 5.06. The van der Waals surface area contributed by atoms with Crippen LogP contribution < -0.4 is 10.6 Å². The van der Waals surface area contributed by atoms with Crippen LogP contribution in [0.1, 0.15) is 32.9 Å². The molecule has 1 aromatic rings. The van der Waals surface area contributed by atoms with Gasteiger partial charge in [-0.1, -0.05) is 26.1 Å². The first-order valence-electron chi connectivity index (χ1n) is 7.35. The van der Waals surface area contributed by atoms with E-state index >= 15 is 0 Å². The number of hydrogen-bond acceptors (Lipinski definition) is 4. The van der Waals surface area contributed by atoms with Crippen LogP contribution in [-0.2, 0) is 0 Å². The number of rotatable bonds is 9. The Kier molecular flexibility index (Phi) is 7.47. The van der Waals surface area contributed by atoms with Crippen molar-refractivity contribution in [1.29, 1.82) is 0 Å². The molecule has 1 heterocycles. The molecule has 0 unspecified atom stereocenters. The highest BCUT2D eigenvalue weighted by Gasteiger charge is 2.07. The molecule has 0 fully saturated rings. The molecule has 0 saturated heterocycles. The molecule has 0 atom stereocenters. The van der Waals surface area contributed by atoms with Crippen LogP contribution in [0, 0.1) is 0 Å². The summed E-state index contributed by atoms with van der Waals surface area (Å²) in [5.41, 5.74) is 7.48. The summed E-state index contributed by atoms with van der Waals surface area (Å²) in [4.78, 5) is 9.33. The summed E-state index contributed by atoms with van der Waals surface area (Å²) in [7, 11) is 0. The van der Waals surface area contributed by atoms with Gasteiger partial charge in [-0.25, -0.2) is 0 Å². The van der Waals surface area contributed by atoms with Gasteiger partial charge in [0.2, 0.25) is 0 Å². The van der Waals surface area contributed by atoms with Gasteiger partial charge in [0.1, 0.15) is 4.99 Å². The predicted octanol–water partition coefficient (Wildman–Crippen LogP) is 2.27. The van der Waals surface area contributed by atoms with Gasteiger partial charge in [-0.3, -0.25) is 4.98 Å². The average Bonchev–Trinajstić information content (AvgIpc) is 2.48. The number of anilines is 1. The van der Waals surface area contributed by atoms with Crippen LogP contribution >= 0.6 is 12.2 Å². The summed E-state index contributed by atoms with van der Waals surface area (Å²) >= 11 is 4.99. The highest BCUT2D eigenvalue weighted by atomic mass is 32.1. The second-order valence-corrected chi connectivity index (χ2v) is 5.16. The van der Waals surface area contributed by atoms with Crippen LogP contribution in [0.2, 0.25) is 0 Å². The predicted molar refractivity (Wildman–Crippen MR) is 90.4 cm³/mol. The summed E-state index contributed by atoms with van der Waals surface area (Å²) in [6.07, 6.45) is 2.93. The molecule has 4 nitrogen and oxygen atoms in total. The molecule has 0 aliphatic rings. The van der Waals surface area contributed by atoms with Crippen molar-refractivity contribution >= 4 is 22.9 Å². The normalized spacial score (nSPS) is 10.8. The standard InChI is InChI=1S/C15H26N4S/c1-4-18(5-2)10-7-11-19(6-3)13-8-9-17-14(12-13)15(16)20/h8-9,12H,4-7,10-11H2,1-3H3,(H2,16,20). The molecule has 0 saturated carbocycles. The van der Waals surface area contributed by atoms with Crippen molar-refractivity contribution in [1.82, 2.24) is 9.88 Å². The molecule has 20 heavy (non-hydrogen) atoms. The number of aromatic nitrogens is 1. The summed E-state index contributed by atoms with van der Waals surface area (Å²) in [6.45, 7) is 12.0. The molecule has 2 N–H and O–H groups in total. The molecule has 0 aromatic carbocycles. The second kappa shape index (κ2) is 8.87. The lowest BCUT2D eigenvalue weighted by Crippen LogP contribution is -2.30. The van der Waals surface area contributed by atoms with E-state index in [4.69, 9.17) is 18.0 Å². The largest absolute Gasteiger partial charge is 0.388 e. The van der Waals surface area contributed by atoms with Crippen LogP contribution in [-0.4, -0.2) is 47.6 Å². The lowest BCUT2D eigenvalue weighted by Gasteiger charge is -2.25. The van der Waals surface area contributed by atoms with E-state index < -0.39 is 0 Å². The van der Waals surface area contributed by atoms with Crippen molar-refractivity contribution in [2.45, 2.75) is 27.2 Å². The molecule has 0 bridgehead atoms. The molecule has 5 heteroatoms. The number of thiocarbonyl (C=S) groups is 1. The summed E-state index contributed by atoms with van der Waals surface area (Å²) in [5, 5.41) is 0. The molecule has 0 aliphatic carbocycles. The summed E-state index contributed by atoms with van der Waals surface area (Å²) < 4.78 is 0. The van der Waals surface area contributed by atoms with Gasteiger partial charge in [0.05, 0.1) is 5.69 Å². The van der Waals surface area contributed by atoms with Crippen LogP contribution in [0.15, 0.2) is 18.3 Å². The monoisotopic (exact) mass is 294 g/mol. The van der Waals surface area contributed by atoms with Crippen LogP contribution in [0.4, 0.5) is 5.69 Å². The zero-order chi connectivity index (χ0) is 15.0. The van der Waals surface area contributed by atoms with E-state index in [9.17, 15) is 0 Å². The zero-order valence-corrected chi connectivity index (χ0v) is 13.6. The van der Waals surface area contributed by atoms with E-state index in [2.05, 4.69) is 35.6 Å². The topological polar surface area (TPSA) is 45.4 Å². The second-order valence-electron chi connectivity index (χ2n) is 4.72. The third-order valence-electron chi connectivity index (χ3n) is 3.54. The fourth-order valence-corrected chi connectivity index (χ4v) is 2.36. The Balaban J connectivity index is 2.62. The highest BCUT2D eigenvalue weighted by Crippen LogP contribution is 2.15. The first-order valence-corrected chi connectivity index (χ1v) is 7.76. The zero-order valence-electron chi connectivity index (χ0n) is 12.8. The Hall–Kier alpha value is -1.20. The van der Waals surface area contributed by atoms with Gasteiger partial charge < -0.3 is 15.5 Å². The van der Waals surface area contributed by atoms with Gasteiger partial charge in [0.25, 0.3) is 0 Å². The number of pyridine rings is 1. The molecule has 0 radical (unpaired) electrons. The first kappa shape index (κ1) is 16.9. The first-order chi connectivity index (χ1) is 9.62. The number of hydrogen-bond donors (Lipinski definition) is 1. The molecule has 0 aliphatic heterocycles. The molecule has 0 spiro atoms. The van der Waals surface area contributed by atoms with Crippen molar-refractivity contribution in [3.05, 3.63) is 24.0 Å². The van der Waals surface area contributed by atoms with E-state index in [0.29, 0.717) is 10.7 Å². The molecular weight excluding hydrogens is 268 g/mol. The van der Waals surface area contributed by atoms with Gasteiger partial charge in [-0.05, 0) is 45.1 Å². The average molecular weight is 294 g/mol. The lowest BCUT2D eigenvalue weighted by atomic mass is 10.2. The molecule has 112 valence electrons. The van der Waals surface area contributed by atoms with Crippen molar-refractivity contribution in [2.75, 3.05) is 37.6 Å². The SMILES string of the molecule is CCN(CC)CCCN(CC)c1ccnc(C(N)=S)c1. The van der Waals surface area contributed by atoms with E-state index in [1.807, 2.05) is 12.1 Å². The van der Waals surface area contributed by atoms with Gasteiger partial charge in [-0.2, -0.15) is 0 Å². The maximum Gasteiger partial charge on any atom is 0.122 e. The van der Waals surface area contributed by atoms with Crippen molar-refractivity contribution < 1.29 is 0 Å². The smallest absolute Gasteiger partial charge is 0.122 e. The highest BCUT2D eigenvalue weighted by molar-refractivity contribution is 7.80. The van der Waals surface area contributed by atoms with Crippen LogP contribution in [0.3, 0.4) is 0 Å². The Bertz CT molecular complexity index is 418. The number of nitrogens with zero attached hydrogens (tertiary/aromatic N) is 3. The quantitative estimate of drug-likeness (QED) is 0.708. The van der Waals surface area contributed by atoms with Crippen molar-refractivity contribution in [3.8, 4) is 0 Å². The minimum Gasteiger partial charge on any atom is -0.388 e. The Labute approximate surface area is 128 Å². The number of nitrogens with two attached hydrogens (primary N) is 1. The van der Waals surface area contributed by atoms with E-state index in [1.165, 1.54) is 0 Å². The Morgan fingerprint density at radius 3 is 2.45 bits per heavy atom. The van der Waals surface area contributed by atoms with E-state index in [-0.39, 0.29) is 0 Å². The van der Waals surface area contributed by atoms with E-state index in [1.54, 1.807) is 6.20 Å². The third-order valence-corrected chi connectivity index (χ3v) is 3.75. The summed E-state index contributed by atoms with van der Waals surface area (Å²) in [6, 6.07) is 3.99. The van der Waals surface area contributed by atoms with Crippen LogP contribution in [0.5, 0.6) is 0 Å². The van der Waals surface area contributed by atoms with E-state index in [0.717, 1.165) is 44.8 Å². The minimum atomic E-state index is 0.353. The molecule has 1 rings (SSSR count). The van der Waals surface area contributed by atoms with Gasteiger partial charge in [0.15, 0.2) is 0 Å². The van der Waals surface area contributed by atoms with Crippen molar-refractivity contribution in [2.24, 2.45) is 5.73 Å². The fourth-order valence-electron chi connectivity index (χ4n) is 2.25. The fraction of sp³-hybridized carbons (Fsp3) is 0.600. The molecular formula is C15H26N4S. The van der Waals surface area contributed by atoms with Crippen molar-refractivity contribution in [3.63, 3.8) is 0 Å². The minimum absolute atomic E-state index is 0.353. The van der Waals surface area contributed by atoms with Gasteiger partial charge in [0, 0.05) is 25.0 Å². The molecule has 1 aromatic heterocycles.